The minimum absolute atomic E-state index is 0.146. The van der Waals surface area contributed by atoms with Crippen molar-refractivity contribution in [3.8, 4) is 0 Å². The van der Waals surface area contributed by atoms with E-state index in [9.17, 15) is 8.42 Å². The second kappa shape index (κ2) is 6.64. The highest BCUT2D eigenvalue weighted by Crippen LogP contribution is 2.08. The Balaban J connectivity index is 2.28. The average Bonchev–Trinajstić information content (AvgIpc) is 2.80. The molecule has 0 amide bonds. The van der Waals surface area contributed by atoms with Gasteiger partial charge in [-0.3, -0.25) is 4.99 Å². The lowest BCUT2D eigenvalue weighted by molar-refractivity contribution is 0.594. The molecule has 1 rings (SSSR count). The van der Waals surface area contributed by atoms with E-state index in [1.54, 1.807) is 14.0 Å². The Labute approximate surface area is 103 Å². The van der Waals surface area contributed by atoms with Crippen LogP contribution >= 0.6 is 0 Å². The quantitative estimate of drug-likeness (QED) is 0.423. The van der Waals surface area contributed by atoms with Crippen LogP contribution in [-0.2, 0) is 9.84 Å². The smallest absolute Gasteiger partial charge is 0.191 e. The van der Waals surface area contributed by atoms with Crippen LogP contribution in [0, 0.1) is 0 Å². The van der Waals surface area contributed by atoms with E-state index >= 15 is 0 Å². The van der Waals surface area contributed by atoms with E-state index in [2.05, 4.69) is 27.8 Å². The minimum Gasteiger partial charge on any atom is -0.355 e. The summed E-state index contributed by atoms with van der Waals surface area (Å²) in [5.74, 6) is 1.01. The van der Waals surface area contributed by atoms with Crippen LogP contribution < -0.4 is 10.6 Å². The topological polar surface area (TPSA) is 70.6 Å². The average molecular weight is 259 g/mol. The first kappa shape index (κ1) is 14.0. The summed E-state index contributed by atoms with van der Waals surface area (Å²) in [6, 6.07) is 0.379. The third-order valence-electron chi connectivity index (χ3n) is 2.72. The number of hydrogen-bond donors (Lipinski definition) is 2. The monoisotopic (exact) mass is 259 g/mol. The van der Waals surface area contributed by atoms with E-state index in [1.807, 2.05) is 0 Å². The van der Waals surface area contributed by atoms with Gasteiger partial charge >= 0.3 is 0 Å². The minimum atomic E-state index is -2.91. The maximum atomic E-state index is 11.3. The van der Waals surface area contributed by atoms with Crippen molar-refractivity contribution in [3.63, 3.8) is 0 Å². The van der Waals surface area contributed by atoms with E-state index < -0.39 is 9.84 Å². The Morgan fingerprint density at radius 1 is 1.41 bits per heavy atom. The number of nitrogens with zero attached hydrogens (tertiary/aromatic N) is 1. The first-order valence-electron chi connectivity index (χ1n) is 5.90. The zero-order valence-electron chi connectivity index (χ0n) is 10.4. The van der Waals surface area contributed by atoms with Crippen LogP contribution in [0.4, 0.5) is 0 Å². The molecule has 2 N–H and O–H groups in total. The fourth-order valence-electron chi connectivity index (χ4n) is 1.59. The second-order valence-electron chi connectivity index (χ2n) is 4.02. The van der Waals surface area contributed by atoms with Crippen molar-refractivity contribution in [2.24, 2.45) is 4.99 Å². The molecule has 6 heteroatoms. The van der Waals surface area contributed by atoms with Gasteiger partial charge in [0.15, 0.2) is 15.8 Å². The van der Waals surface area contributed by atoms with E-state index in [-0.39, 0.29) is 11.5 Å². The molecule has 0 aromatic carbocycles. The summed E-state index contributed by atoms with van der Waals surface area (Å²) in [5, 5.41) is 6.27. The maximum Gasteiger partial charge on any atom is 0.191 e. The van der Waals surface area contributed by atoms with Gasteiger partial charge in [-0.2, -0.15) is 0 Å². The predicted molar refractivity (Wildman–Crippen MR) is 71.0 cm³/mol. The second-order valence-corrected chi connectivity index (χ2v) is 6.49. The molecule has 0 aromatic heterocycles. The number of rotatable bonds is 5. The lowest BCUT2D eigenvalue weighted by Gasteiger charge is -2.16. The van der Waals surface area contributed by atoms with Crippen LogP contribution in [0.2, 0.25) is 0 Å². The molecule has 0 fully saturated rings. The summed E-state index contributed by atoms with van der Waals surface area (Å²) in [6.07, 6.45) is 6.25. The molecule has 0 unspecified atom stereocenters. The third-order valence-corrected chi connectivity index (χ3v) is 4.42. The van der Waals surface area contributed by atoms with E-state index in [4.69, 9.17) is 0 Å². The van der Waals surface area contributed by atoms with Crippen molar-refractivity contribution in [1.82, 2.24) is 10.6 Å². The summed E-state index contributed by atoms with van der Waals surface area (Å²) in [4.78, 5) is 4.07. The molecule has 17 heavy (non-hydrogen) atoms. The molecule has 0 saturated carbocycles. The molecule has 98 valence electrons. The first-order chi connectivity index (χ1) is 8.07. The van der Waals surface area contributed by atoms with Gasteiger partial charge in [-0.05, 0) is 12.8 Å². The summed E-state index contributed by atoms with van der Waals surface area (Å²) >= 11 is 0. The zero-order valence-corrected chi connectivity index (χ0v) is 11.3. The highest BCUT2D eigenvalue weighted by molar-refractivity contribution is 7.91. The molecule has 0 heterocycles. The molecule has 0 aromatic rings. The first-order valence-corrected chi connectivity index (χ1v) is 7.72. The largest absolute Gasteiger partial charge is 0.355 e. The molecular formula is C11H21N3O2S. The van der Waals surface area contributed by atoms with Gasteiger partial charge in [0.05, 0.1) is 5.75 Å². The lowest BCUT2D eigenvalue weighted by atomic mass is 10.2. The SMILES string of the molecule is CCS(=O)(=O)CCNC(=NC)NC1CC=CC1. The fourth-order valence-corrected chi connectivity index (χ4v) is 2.29. The Morgan fingerprint density at radius 3 is 2.59 bits per heavy atom. The summed E-state index contributed by atoms with van der Waals surface area (Å²) in [5.41, 5.74) is 0. The zero-order chi connectivity index (χ0) is 12.7. The Bertz CT molecular complexity index is 380. The van der Waals surface area contributed by atoms with Crippen LogP contribution in [0.3, 0.4) is 0 Å². The van der Waals surface area contributed by atoms with Crippen molar-refractivity contribution in [1.29, 1.82) is 0 Å². The third kappa shape index (κ3) is 5.21. The van der Waals surface area contributed by atoms with Gasteiger partial charge in [0.25, 0.3) is 0 Å². The van der Waals surface area contributed by atoms with Crippen molar-refractivity contribution >= 4 is 15.8 Å². The van der Waals surface area contributed by atoms with Crippen LogP contribution in [0.25, 0.3) is 0 Å². The van der Waals surface area contributed by atoms with Gasteiger partial charge in [0.2, 0.25) is 0 Å². The summed E-state index contributed by atoms with van der Waals surface area (Å²) in [6.45, 7) is 2.06. The van der Waals surface area contributed by atoms with Gasteiger partial charge in [-0.15, -0.1) is 0 Å². The van der Waals surface area contributed by atoms with Gasteiger partial charge in [0, 0.05) is 25.4 Å². The van der Waals surface area contributed by atoms with Crippen molar-refractivity contribution in [2.75, 3.05) is 25.1 Å². The maximum absolute atomic E-state index is 11.3. The molecule has 1 aliphatic rings. The Kier molecular flexibility index (Phi) is 5.47. The van der Waals surface area contributed by atoms with Crippen LogP contribution in [0.5, 0.6) is 0 Å². The number of aliphatic imine (C=N–C) groups is 1. The Hall–Kier alpha value is -1.04. The molecule has 0 saturated heterocycles. The summed E-state index contributed by atoms with van der Waals surface area (Å²) < 4.78 is 22.6. The van der Waals surface area contributed by atoms with Crippen molar-refractivity contribution < 1.29 is 8.42 Å². The fraction of sp³-hybridized carbons (Fsp3) is 0.727. The van der Waals surface area contributed by atoms with Crippen molar-refractivity contribution in [2.45, 2.75) is 25.8 Å². The van der Waals surface area contributed by atoms with Crippen LogP contribution in [0.15, 0.2) is 17.1 Å². The molecule has 5 nitrogen and oxygen atoms in total. The van der Waals surface area contributed by atoms with Crippen LogP contribution in [0.1, 0.15) is 19.8 Å². The number of sulfone groups is 1. The number of nitrogens with one attached hydrogen (secondary N) is 2. The standard InChI is InChI=1S/C11H21N3O2S/c1-3-17(15,16)9-8-13-11(12-2)14-10-6-4-5-7-10/h4-5,10H,3,6-9H2,1-2H3,(H2,12,13,14). The normalized spacial score (nSPS) is 17.4. The van der Waals surface area contributed by atoms with E-state index in [0.717, 1.165) is 12.8 Å². The van der Waals surface area contributed by atoms with Crippen molar-refractivity contribution in [3.05, 3.63) is 12.2 Å². The highest BCUT2D eigenvalue weighted by Gasteiger charge is 2.12. The molecule has 0 aliphatic heterocycles. The molecule has 0 radical (unpaired) electrons. The van der Waals surface area contributed by atoms with Gasteiger partial charge in [-0.25, -0.2) is 8.42 Å². The van der Waals surface area contributed by atoms with E-state index in [0.29, 0.717) is 18.5 Å². The molecule has 1 aliphatic carbocycles. The molecule has 0 atom stereocenters. The number of guanidine groups is 1. The van der Waals surface area contributed by atoms with E-state index in [1.165, 1.54) is 0 Å². The lowest BCUT2D eigenvalue weighted by Crippen LogP contribution is -2.44. The highest BCUT2D eigenvalue weighted by atomic mass is 32.2. The Morgan fingerprint density at radius 2 is 2.06 bits per heavy atom. The molecular weight excluding hydrogens is 238 g/mol. The predicted octanol–water partition coefficient (Wildman–Crippen LogP) is 0.305. The molecule has 0 spiro atoms. The molecule has 0 bridgehead atoms. The summed E-state index contributed by atoms with van der Waals surface area (Å²) in [7, 11) is -1.22. The van der Waals surface area contributed by atoms with Gasteiger partial charge in [0.1, 0.15) is 0 Å². The van der Waals surface area contributed by atoms with Crippen LogP contribution in [-0.4, -0.2) is 45.5 Å². The van der Waals surface area contributed by atoms with Gasteiger partial charge < -0.3 is 10.6 Å². The van der Waals surface area contributed by atoms with Gasteiger partial charge in [-0.1, -0.05) is 19.1 Å². The number of hydrogen-bond acceptors (Lipinski definition) is 3.